The highest BCUT2D eigenvalue weighted by atomic mass is 15.1. The molecule has 21 heavy (non-hydrogen) atoms. The fourth-order valence-corrected chi connectivity index (χ4v) is 2.69. The lowest BCUT2D eigenvalue weighted by Gasteiger charge is -2.23. The molecule has 2 N–H and O–H groups in total. The standard InChI is InChI=1S/C19H26N2/c1-4-15-7-9-16(10-8-15)13-17-11-12-19(18(20)14-17)21(5-2)6-3/h7-12,14H,4-6,13,20H2,1-3H3. The summed E-state index contributed by atoms with van der Waals surface area (Å²) in [4.78, 5) is 2.29. The molecule has 0 aliphatic heterocycles. The van der Waals surface area contributed by atoms with Crippen LogP contribution < -0.4 is 10.6 Å². The van der Waals surface area contributed by atoms with E-state index >= 15 is 0 Å². The second-order valence-corrected chi connectivity index (χ2v) is 5.41. The first kappa shape index (κ1) is 15.4. The Morgan fingerprint density at radius 3 is 1.90 bits per heavy atom. The number of nitrogens with two attached hydrogens (primary N) is 1. The van der Waals surface area contributed by atoms with E-state index in [1.165, 1.54) is 16.7 Å². The molecule has 112 valence electrons. The van der Waals surface area contributed by atoms with Gasteiger partial charge in [-0.05, 0) is 55.5 Å². The Kier molecular flexibility index (Phi) is 5.26. The topological polar surface area (TPSA) is 29.3 Å². The van der Waals surface area contributed by atoms with Gasteiger partial charge in [-0.15, -0.1) is 0 Å². The zero-order chi connectivity index (χ0) is 15.2. The quantitative estimate of drug-likeness (QED) is 0.802. The van der Waals surface area contributed by atoms with E-state index in [0.29, 0.717) is 0 Å². The van der Waals surface area contributed by atoms with Crippen LogP contribution in [0, 0.1) is 0 Å². The van der Waals surface area contributed by atoms with E-state index in [4.69, 9.17) is 5.73 Å². The van der Waals surface area contributed by atoms with Gasteiger partial charge in [-0.1, -0.05) is 37.3 Å². The number of anilines is 2. The van der Waals surface area contributed by atoms with Crippen LogP contribution in [0.2, 0.25) is 0 Å². The summed E-state index contributed by atoms with van der Waals surface area (Å²) >= 11 is 0. The van der Waals surface area contributed by atoms with Crippen LogP contribution in [-0.4, -0.2) is 13.1 Å². The zero-order valence-corrected chi connectivity index (χ0v) is 13.4. The average Bonchev–Trinajstić information content (AvgIpc) is 2.51. The zero-order valence-electron chi connectivity index (χ0n) is 13.4. The maximum absolute atomic E-state index is 6.23. The van der Waals surface area contributed by atoms with Gasteiger partial charge in [0.05, 0.1) is 11.4 Å². The number of rotatable bonds is 6. The normalized spacial score (nSPS) is 10.6. The highest BCUT2D eigenvalue weighted by molar-refractivity contribution is 5.68. The molecule has 0 saturated carbocycles. The Morgan fingerprint density at radius 2 is 1.38 bits per heavy atom. The molecule has 2 rings (SSSR count). The molecule has 0 unspecified atom stereocenters. The van der Waals surface area contributed by atoms with Crippen LogP contribution in [-0.2, 0) is 12.8 Å². The van der Waals surface area contributed by atoms with E-state index in [1.54, 1.807) is 0 Å². The van der Waals surface area contributed by atoms with Crippen LogP contribution in [0.15, 0.2) is 42.5 Å². The smallest absolute Gasteiger partial charge is 0.0599 e. The molecule has 0 saturated heterocycles. The molecule has 0 aromatic heterocycles. The van der Waals surface area contributed by atoms with Crippen LogP contribution >= 0.6 is 0 Å². The van der Waals surface area contributed by atoms with Gasteiger partial charge in [0.25, 0.3) is 0 Å². The fraction of sp³-hybridized carbons (Fsp3) is 0.368. The maximum Gasteiger partial charge on any atom is 0.0599 e. The van der Waals surface area contributed by atoms with Crippen LogP contribution in [0.5, 0.6) is 0 Å². The second-order valence-electron chi connectivity index (χ2n) is 5.41. The highest BCUT2D eigenvalue weighted by Gasteiger charge is 2.07. The molecule has 2 aromatic rings. The molecule has 0 heterocycles. The van der Waals surface area contributed by atoms with E-state index in [1.807, 2.05) is 0 Å². The van der Waals surface area contributed by atoms with Crippen molar-refractivity contribution in [1.82, 2.24) is 0 Å². The van der Waals surface area contributed by atoms with E-state index in [2.05, 4.69) is 68.1 Å². The monoisotopic (exact) mass is 282 g/mol. The van der Waals surface area contributed by atoms with Gasteiger partial charge in [0.1, 0.15) is 0 Å². The number of nitrogen functional groups attached to an aromatic ring is 1. The largest absolute Gasteiger partial charge is 0.397 e. The Labute approximate surface area is 128 Å². The summed E-state index contributed by atoms with van der Waals surface area (Å²) in [6.45, 7) is 8.47. The van der Waals surface area contributed by atoms with Crippen molar-refractivity contribution in [2.75, 3.05) is 23.7 Å². The number of aryl methyl sites for hydroxylation is 1. The number of benzene rings is 2. The highest BCUT2D eigenvalue weighted by Crippen LogP contribution is 2.25. The second kappa shape index (κ2) is 7.16. The predicted octanol–water partition coefficient (Wildman–Crippen LogP) is 4.27. The maximum atomic E-state index is 6.23. The lowest BCUT2D eigenvalue weighted by atomic mass is 10.0. The van der Waals surface area contributed by atoms with Gasteiger partial charge in [0.2, 0.25) is 0 Å². The summed E-state index contributed by atoms with van der Waals surface area (Å²) in [5, 5.41) is 0. The summed E-state index contributed by atoms with van der Waals surface area (Å²) in [5.41, 5.74) is 12.2. The van der Waals surface area contributed by atoms with Crippen molar-refractivity contribution in [1.29, 1.82) is 0 Å². The molecule has 2 nitrogen and oxygen atoms in total. The van der Waals surface area contributed by atoms with Crippen molar-refractivity contribution in [2.45, 2.75) is 33.6 Å². The molecule has 2 heteroatoms. The Balaban J connectivity index is 2.15. The van der Waals surface area contributed by atoms with Crippen molar-refractivity contribution in [3.8, 4) is 0 Å². The van der Waals surface area contributed by atoms with Gasteiger partial charge >= 0.3 is 0 Å². The minimum atomic E-state index is 0.876. The minimum Gasteiger partial charge on any atom is -0.397 e. The molecule has 0 atom stereocenters. The first-order valence-electron chi connectivity index (χ1n) is 7.89. The van der Waals surface area contributed by atoms with Crippen LogP contribution in [0.1, 0.15) is 37.5 Å². The van der Waals surface area contributed by atoms with Crippen molar-refractivity contribution in [3.63, 3.8) is 0 Å². The van der Waals surface area contributed by atoms with Gasteiger partial charge in [-0.3, -0.25) is 0 Å². The van der Waals surface area contributed by atoms with Crippen molar-refractivity contribution in [3.05, 3.63) is 59.2 Å². The third kappa shape index (κ3) is 3.78. The van der Waals surface area contributed by atoms with Crippen molar-refractivity contribution in [2.24, 2.45) is 0 Å². The third-order valence-corrected chi connectivity index (χ3v) is 4.04. The summed E-state index contributed by atoms with van der Waals surface area (Å²) in [5.74, 6) is 0. The average molecular weight is 282 g/mol. The Hall–Kier alpha value is -1.96. The molecule has 0 bridgehead atoms. The third-order valence-electron chi connectivity index (χ3n) is 4.04. The van der Waals surface area contributed by atoms with E-state index < -0.39 is 0 Å². The molecule has 0 aliphatic rings. The molecular weight excluding hydrogens is 256 g/mol. The van der Waals surface area contributed by atoms with E-state index in [9.17, 15) is 0 Å². The SMILES string of the molecule is CCc1ccc(Cc2ccc(N(CC)CC)c(N)c2)cc1. The molecule has 0 aliphatic carbocycles. The van der Waals surface area contributed by atoms with Gasteiger partial charge < -0.3 is 10.6 Å². The first-order valence-corrected chi connectivity index (χ1v) is 7.89. The molecule has 0 radical (unpaired) electrons. The fourth-order valence-electron chi connectivity index (χ4n) is 2.69. The van der Waals surface area contributed by atoms with Gasteiger partial charge in [-0.2, -0.15) is 0 Å². The van der Waals surface area contributed by atoms with Gasteiger partial charge in [0, 0.05) is 13.1 Å². The minimum absolute atomic E-state index is 0.876. The lowest BCUT2D eigenvalue weighted by molar-refractivity contribution is 0.867. The molecule has 0 spiro atoms. The van der Waals surface area contributed by atoms with E-state index in [0.717, 1.165) is 37.3 Å². The van der Waals surface area contributed by atoms with Gasteiger partial charge in [0.15, 0.2) is 0 Å². The molecule has 0 amide bonds. The van der Waals surface area contributed by atoms with Crippen LogP contribution in [0.25, 0.3) is 0 Å². The molecule has 0 fully saturated rings. The number of nitrogens with zero attached hydrogens (tertiary/aromatic N) is 1. The summed E-state index contributed by atoms with van der Waals surface area (Å²) < 4.78 is 0. The first-order chi connectivity index (χ1) is 10.2. The van der Waals surface area contributed by atoms with Crippen LogP contribution in [0.3, 0.4) is 0 Å². The summed E-state index contributed by atoms with van der Waals surface area (Å²) in [6.07, 6.45) is 2.03. The number of hydrogen-bond donors (Lipinski definition) is 1. The van der Waals surface area contributed by atoms with Gasteiger partial charge in [-0.25, -0.2) is 0 Å². The Morgan fingerprint density at radius 1 is 0.810 bits per heavy atom. The summed E-state index contributed by atoms with van der Waals surface area (Å²) in [6, 6.07) is 15.3. The molecular formula is C19H26N2. The Bertz CT molecular complexity index is 569. The van der Waals surface area contributed by atoms with Crippen LogP contribution in [0.4, 0.5) is 11.4 Å². The lowest BCUT2D eigenvalue weighted by Crippen LogP contribution is -2.22. The van der Waals surface area contributed by atoms with Crippen molar-refractivity contribution < 1.29 is 0 Å². The predicted molar refractivity (Wildman–Crippen MR) is 93.0 cm³/mol. The summed E-state index contributed by atoms with van der Waals surface area (Å²) in [7, 11) is 0. The van der Waals surface area contributed by atoms with E-state index in [-0.39, 0.29) is 0 Å². The number of hydrogen-bond acceptors (Lipinski definition) is 2. The molecule has 2 aromatic carbocycles. The van der Waals surface area contributed by atoms with Crippen molar-refractivity contribution >= 4 is 11.4 Å².